The third-order valence-electron chi connectivity index (χ3n) is 2.67. The SMILES string of the molecule is COCCCN(CCOC)c1ncc(C#N)cc1N. The normalized spacial score (nSPS) is 10.2. The van der Waals surface area contributed by atoms with Gasteiger partial charge in [-0.25, -0.2) is 4.98 Å². The zero-order valence-corrected chi connectivity index (χ0v) is 11.4. The second-order valence-electron chi connectivity index (χ2n) is 4.07. The maximum atomic E-state index is 8.81. The molecule has 0 atom stereocenters. The average Bonchev–Trinajstić information content (AvgIpc) is 2.43. The molecule has 104 valence electrons. The van der Waals surface area contributed by atoms with Gasteiger partial charge in [-0.1, -0.05) is 0 Å². The third-order valence-corrected chi connectivity index (χ3v) is 2.67. The van der Waals surface area contributed by atoms with Crippen LogP contribution in [0.1, 0.15) is 12.0 Å². The summed E-state index contributed by atoms with van der Waals surface area (Å²) in [6, 6.07) is 3.66. The van der Waals surface area contributed by atoms with Gasteiger partial charge in [-0.05, 0) is 12.5 Å². The van der Waals surface area contributed by atoms with Crippen LogP contribution in [0.25, 0.3) is 0 Å². The van der Waals surface area contributed by atoms with Gasteiger partial charge in [0.1, 0.15) is 6.07 Å². The number of rotatable bonds is 8. The molecule has 6 nitrogen and oxygen atoms in total. The zero-order valence-electron chi connectivity index (χ0n) is 11.4. The average molecular weight is 264 g/mol. The van der Waals surface area contributed by atoms with E-state index in [1.807, 2.05) is 11.0 Å². The molecule has 0 saturated heterocycles. The number of nitriles is 1. The van der Waals surface area contributed by atoms with Gasteiger partial charge >= 0.3 is 0 Å². The van der Waals surface area contributed by atoms with E-state index in [1.165, 1.54) is 6.20 Å². The molecule has 19 heavy (non-hydrogen) atoms. The third kappa shape index (κ3) is 4.73. The Bertz CT molecular complexity index is 431. The first kappa shape index (κ1) is 15.2. The standard InChI is InChI=1S/C13H20N4O2/c1-18-6-3-4-17(5-7-19-2)13-12(15)8-11(9-14)10-16-13/h8,10H,3-7,15H2,1-2H3. The van der Waals surface area contributed by atoms with E-state index >= 15 is 0 Å². The molecule has 0 radical (unpaired) electrons. The first-order valence-electron chi connectivity index (χ1n) is 6.11. The Balaban J connectivity index is 2.80. The highest BCUT2D eigenvalue weighted by molar-refractivity contribution is 5.64. The van der Waals surface area contributed by atoms with Gasteiger partial charge in [0, 0.05) is 40.1 Å². The maximum absolute atomic E-state index is 8.81. The highest BCUT2D eigenvalue weighted by Crippen LogP contribution is 2.21. The van der Waals surface area contributed by atoms with Crippen molar-refractivity contribution in [2.75, 3.05) is 51.2 Å². The lowest BCUT2D eigenvalue weighted by Gasteiger charge is -2.24. The number of hydrogen-bond donors (Lipinski definition) is 1. The van der Waals surface area contributed by atoms with Crippen molar-refractivity contribution < 1.29 is 9.47 Å². The van der Waals surface area contributed by atoms with Crippen molar-refractivity contribution in [2.24, 2.45) is 0 Å². The fraction of sp³-hybridized carbons (Fsp3) is 0.538. The van der Waals surface area contributed by atoms with E-state index in [4.69, 9.17) is 20.5 Å². The van der Waals surface area contributed by atoms with E-state index < -0.39 is 0 Å². The first-order chi connectivity index (χ1) is 9.22. The summed E-state index contributed by atoms with van der Waals surface area (Å²) in [5, 5.41) is 8.81. The van der Waals surface area contributed by atoms with Crippen molar-refractivity contribution in [3.8, 4) is 6.07 Å². The quantitative estimate of drug-likeness (QED) is 0.706. The molecular formula is C13H20N4O2. The van der Waals surface area contributed by atoms with E-state index in [1.54, 1.807) is 20.3 Å². The Labute approximate surface area is 113 Å². The Hall–Kier alpha value is -1.84. The molecule has 0 aliphatic rings. The lowest BCUT2D eigenvalue weighted by Crippen LogP contribution is -2.30. The topological polar surface area (TPSA) is 84.4 Å². The molecule has 0 aromatic carbocycles. The molecule has 1 aromatic rings. The minimum Gasteiger partial charge on any atom is -0.396 e. The second kappa shape index (κ2) is 8.29. The summed E-state index contributed by atoms with van der Waals surface area (Å²) in [6.45, 7) is 2.75. The van der Waals surface area contributed by atoms with Gasteiger partial charge in [-0.2, -0.15) is 5.26 Å². The maximum Gasteiger partial charge on any atom is 0.151 e. The lowest BCUT2D eigenvalue weighted by molar-refractivity contribution is 0.191. The smallest absolute Gasteiger partial charge is 0.151 e. The summed E-state index contributed by atoms with van der Waals surface area (Å²) in [5.41, 5.74) is 6.92. The van der Waals surface area contributed by atoms with Crippen molar-refractivity contribution >= 4 is 11.5 Å². The Morgan fingerprint density at radius 2 is 2.05 bits per heavy atom. The molecule has 0 fully saturated rings. The van der Waals surface area contributed by atoms with Crippen molar-refractivity contribution in [1.82, 2.24) is 4.98 Å². The van der Waals surface area contributed by atoms with E-state index in [9.17, 15) is 0 Å². The largest absolute Gasteiger partial charge is 0.396 e. The second-order valence-corrected chi connectivity index (χ2v) is 4.07. The van der Waals surface area contributed by atoms with Crippen LogP contribution >= 0.6 is 0 Å². The van der Waals surface area contributed by atoms with E-state index in [0.717, 1.165) is 13.0 Å². The number of nitrogens with zero attached hydrogens (tertiary/aromatic N) is 3. The zero-order chi connectivity index (χ0) is 14.1. The fourth-order valence-corrected chi connectivity index (χ4v) is 1.72. The number of methoxy groups -OCH3 is 2. The van der Waals surface area contributed by atoms with Crippen LogP contribution in [0.4, 0.5) is 11.5 Å². The van der Waals surface area contributed by atoms with Crippen LogP contribution in [0.5, 0.6) is 0 Å². The predicted molar refractivity (Wildman–Crippen MR) is 73.9 cm³/mol. The molecular weight excluding hydrogens is 244 g/mol. The van der Waals surface area contributed by atoms with E-state index in [0.29, 0.717) is 36.8 Å². The molecule has 1 rings (SSSR count). The Morgan fingerprint density at radius 1 is 1.32 bits per heavy atom. The monoisotopic (exact) mass is 264 g/mol. The number of aromatic nitrogens is 1. The molecule has 0 bridgehead atoms. The van der Waals surface area contributed by atoms with Gasteiger partial charge in [0.05, 0.1) is 17.9 Å². The van der Waals surface area contributed by atoms with Crippen molar-refractivity contribution in [1.29, 1.82) is 5.26 Å². The summed E-state index contributed by atoms with van der Waals surface area (Å²) in [7, 11) is 3.33. The van der Waals surface area contributed by atoms with Gasteiger partial charge in [0.25, 0.3) is 0 Å². The van der Waals surface area contributed by atoms with Crippen LogP contribution in [0.15, 0.2) is 12.3 Å². The molecule has 0 aliphatic heterocycles. The van der Waals surface area contributed by atoms with E-state index in [-0.39, 0.29) is 0 Å². The van der Waals surface area contributed by atoms with Crippen LogP contribution in [-0.4, -0.2) is 45.5 Å². The van der Waals surface area contributed by atoms with Crippen LogP contribution in [0, 0.1) is 11.3 Å². The number of nitrogen functional groups attached to an aromatic ring is 1. The number of nitrogens with two attached hydrogens (primary N) is 1. The predicted octanol–water partition coefficient (Wildman–Crippen LogP) is 1.02. The van der Waals surface area contributed by atoms with Crippen molar-refractivity contribution in [3.05, 3.63) is 17.8 Å². The van der Waals surface area contributed by atoms with Crippen LogP contribution < -0.4 is 10.6 Å². The van der Waals surface area contributed by atoms with Crippen LogP contribution in [-0.2, 0) is 9.47 Å². The molecule has 1 aromatic heterocycles. The summed E-state index contributed by atoms with van der Waals surface area (Å²) >= 11 is 0. The van der Waals surface area contributed by atoms with E-state index in [2.05, 4.69) is 4.98 Å². The van der Waals surface area contributed by atoms with Crippen LogP contribution in [0.2, 0.25) is 0 Å². The van der Waals surface area contributed by atoms with Crippen molar-refractivity contribution in [2.45, 2.75) is 6.42 Å². The minimum absolute atomic E-state index is 0.463. The highest BCUT2D eigenvalue weighted by atomic mass is 16.5. The lowest BCUT2D eigenvalue weighted by atomic mass is 10.2. The van der Waals surface area contributed by atoms with Gasteiger partial charge in [0.2, 0.25) is 0 Å². The number of hydrogen-bond acceptors (Lipinski definition) is 6. The van der Waals surface area contributed by atoms with Gasteiger partial charge in [-0.15, -0.1) is 0 Å². The molecule has 0 saturated carbocycles. The summed E-state index contributed by atoms with van der Waals surface area (Å²) < 4.78 is 10.1. The number of pyridine rings is 1. The Kier molecular flexibility index (Phi) is 6.64. The molecule has 2 N–H and O–H groups in total. The fourth-order valence-electron chi connectivity index (χ4n) is 1.72. The van der Waals surface area contributed by atoms with Gasteiger partial charge in [0.15, 0.2) is 5.82 Å². The summed E-state index contributed by atoms with van der Waals surface area (Å²) in [4.78, 5) is 6.30. The molecule has 1 heterocycles. The highest BCUT2D eigenvalue weighted by Gasteiger charge is 2.11. The van der Waals surface area contributed by atoms with Crippen LogP contribution in [0.3, 0.4) is 0 Å². The first-order valence-corrected chi connectivity index (χ1v) is 6.11. The van der Waals surface area contributed by atoms with Crippen molar-refractivity contribution in [3.63, 3.8) is 0 Å². The Morgan fingerprint density at radius 3 is 2.63 bits per heavy atom. The number of ether oxygens (including phenoxy) is 2. The van der Waals surface area contributed by atoms with Gasteiger partial charge < -0.3 is 20.1 Å². The molecule has 0 amide bonds. The molecule has 0 unspecified atom stereocenters. The molecule has 0 spiro atoms. The minimum atomic E-state index is 0.463. The summed E-state index contributed by atoms with van der Waals surface area (Å²) in [5.74, 6) is 0.687. The summed E-state index contributed by atoms with van der Waals surface area (Å²) in [6.07, 6.45) is 2.41. The molecule has 6 heteroatoms. The van der Waals surface area contributed by atoms with Gasteiger partial charge in [-0.3, -0.25) is 0 Å². The molecule has 0 aliphatic carbocycles. The number of anilines is 2.